The van der Waals surface area contributed by atoms with Gasteiger partial charge in [-0.25, -0.2) is 0 Å². The van der Waals surface area contributed by atoms with E-state index in [0.717, 1.165) is 18.5 Å². The Kier molecular flexibility index (Phi) is 4.63. The number of carbonyl (C=O) groups excluding carboxylic acids is 1. The lowest BCUT2D eigenvalue weighted by atomic mass is 10.1. The number of hydrogen-bond donors (Lipinski definition) is 2. The van der Waals surface area contributed by atoms with E-state index in [2.05, 4.69) is 41.4 Å². The van der Waals surface area contributed by atoms with Crippen molar-refractivity contribution in [2.75, 3.05) is 18.0 Å². The minimum atomic E-state index is -0.616. The van der Waals surface area contributed by atoms with Crippen LogP contribution in [-0.4, -0.2) is 25.0 Å². The second-order valence-corrected chi connectivity index (χ2v) is 6.05. The molecule has 2 aromatic carbocycles. The lowest BCUT2D eigenvalue weighted by Gasteiger charge is -2.28. The van der Waals surface area contributed by atoms with Gasteiger partial charge in [-0.2, -0.15) is 0 Å². The van der Waals surface area contributed by atoms with Crippen LogP contribution in [0.5, 0.6) is 0 Å². The van der Waals surface area contributed by atoms with Gasteiger partial charge in [-0.15, -0.1) is 0 Å². The zero-order valence-electron chi connectivity index (χ0n) is 13.4. The molecule has 0 saturated heterocycles. The highest BCUT2D eigenvalue weighted by Crippen LogP contribution is 2.28. The summed E-state index contributed by atoms with van der Waals surface area (Å²) >= 11 is 0. The van der Waals surface area contributed by atoms with Crippen LogP contribution in [0.4, 0.5) is 5.69 Å². The number of nitrogens with one attached hydrogen (secondary N) is 1. The molecule has 0 bridgehead atoms. The van der Waals surface area contributed by atoms with Crippen LogP contribution in [0.15, 0.2) is 54.6 Å². The molecule has 4 heteroatoms. The molecular weight excluding hydrogens is 286 g/mol. The Balaban J connectivity index is 1.57. The molecule has 120 valence electrons. The predicted molar refractivity (Wildman–Crippen MR) is 93.3 cm³/mol. The second kappa shape index (κ2) is 6.84. The molecule has 0 spiro atoms. The third-order valence-electron chi connectivity index (χ3n) is 4.47. The number of anilines is 1. The fourth-order valence-corrected chi connectivity index (χ4v) is 3.10. The highest BCUT2D eigenvalue weighted by molar-refractivity contribution is 5.83. The molecule has 23 heavy (non-hydrogen) atoms. The molecular formula is C19H23N3O. The van der Waals surface area contributed by atoms with Crippen molar-refractivity contribution < 1.29 is 4.79 Å². The number of para-hydroxylation sites is 1. The number of amides is 1. The Morgan fingerprint density at radius 3 is 2.65 bits per heavy atom. The summed E-state index contributed by atoms with van der Waals surface area (Å²) in [6.45, 7) is 3.73. The maximum absolute atomic E-state index is 12.3. The molecule has 1 aliphatic rings. The third-order valence-corrected chi connectivity index (χ3v) is 4.47. The van der Waals surface area contributed by atoms with Gasteiger partial charge in [-0.1, -0.05) is 48.5 Å². The summed E-state index contributed by atoms with van der Waals surface area (Å²) in [7, 11) is 0. The summed E-state index contributed by atoms with van der Waals surface area (Å²) in [5.41, 5.74) is 9.53. The normalized spacial score (nSPS) is 15.8. The van der Waals surface area contributed by atoms with Gasteiger partial charge in [0, 0.05) is 24.8 Å². The Labute approximate surface area is 137 Å². The molecule has 0 saturated carbocycles. The van der Waals surface area contributed by atoms with Crippen molar-refractivity contribution in [2.24, 2.45) is 5.73 Å². The van der Waals surface area contributed by atoms with Crippen LogP contribution in [0.3, 0.4) is 0 Å². The summed E-state index contributed by atoms with van der Waals surface area (Å²) in [6.07, 6.45) is 1.07. The number of nitrogens with zero attached hydrogens (tertiary/aromatic N) is 1. The van der Waals surface area contributed by atoms with Crippen molar-refractivity contribution in [1.82, 2.24) is 5.32 Å². The third kappa shape index (κ3) is 3.37. The van der Waals surface area contributed by atoms with E-state index in [1.54, 1.807) is 0 Å². The SMILES string of the molecule is CC(CNC(=O)C(N)c1ccccc1)N1CCc2ccccc21. The van der Waals surface area contributed by atoms with Gasteiger partial charge in [0.25, 0.3) is 0 Å². The van der Waals surface area contributed by atoms with E-state index < -0.39 is 6.04 Å². The van der Waals surface area contributed by atoms with Gasteiger partial charge in [0.05, 0.1) is 0 Å². The van der Waals surface area contributed by atoms with Gasteiger partial charge in [0.2, 0.25) is 5.91 Å². The first kappa shape index (κ1) is 15.6. The van der Waals surface area contributed by atoms with Gasteiger partial charge < -0.3 is 16.0 Å². The zero-order valence-corrected chi connectivity index (χ0v) is 13.4. The van der Waals surface area contributed by atoms with E-state index in [9.17, 15) is 4.79 Å². The average molecular weight is 309 g/mol. The summed E-state index contributed by atoms with van der Waals surface area (Å²) in [4.78, 5) is 14.6. The number of hydrogen-bond acceptors (Lipinski definition) is 3. The summed E-state index contributed by atoms with van der Waals surface area (Å²) < 4.78 is 0. The predicted octanol–water partition coefficient (Wildman–Crippen LogP) is 2.25. The van der Waals surface area contributed by atoms with Crippen molar-refractivity contribution in [3.05, 3.63) is 65.7 Å². The number of nitrogens with two attached hydrogens (primary N) is 1. The lowest BCUT2D eigenvalue weighted by molar-refractivity contribution is -0.122. The van der Waals surface area contributed by atoms with Gasteiger partial charge in [0.1, 0.15) is 6.04 Å². The first-order chi connectivity index (χ1) is 11.2. The molecule has 0 radical (unpaired) electrons. The van der Waals surface area contributed by atoms with Gasteiger partial charge in [-0.3, -0.25) is 4.79 Å². The Hall–Kier alpha value is -2.33. The van der Waals surface area contributed by atoms with Crippen LogP contribution in [0, 0.1) is 0 Å². The average Bonchev–Trinajstić information content (AvgIpc) is 3.03. The van der Waals surface area contributed by atoms with Crippen molar-refractivity contribution >= 4 is 11.6 Å². The molecule has 3 rings (SSSR count). The van der Waals surface area contributed by atoms with E-state index in [4.69, 9.17) is 5.73 Å². The van der Waals surface area contributed by atoms with Crippen LogP contribution >= 0.6 is 0 Å². The van der Waals surface area contributed by atoms with Crippen molar-refractivity contribution in [3.8, 4) is 0 Å². The molecule has 2 aromatic rings. The summed E-state index contributed by atoms with van der Waals surface area (Å²) in [6, 6.07) is 17.6. The number of fused-ring (bicyclic) bond motifs is 1. The highest BCUT2D eigenvalue weighted by atomic mass is 16.2. The molecule has 2 atom stereocenters. The van der Waals surface area contributed by atoms with E-state index in [0.29, 0.717) is 6.54 Å². The van der Waals surface area contributed by atoms with E-state index in [1.165, 1.54) is 11.3 Å². The molecule has 1 heterocycles. The van der Waals surface area contributed by atoms with Crippen LogP contribution in [0.2, 0.25) is 0 Å². The molecule has 1 aliphatic heterocycles. The summed E-state index contributed by atoms with van der Waals surface area (Å²) in [5, 5.41) is 2.98. The standard InChI is InChI=1S/C19H23N3O/c1-14(22-12-11-15-7-5-6-10-17(15)22)13-21-19(23)18(20)16-8-3-2-4-9-16/h2-10,14,18H,11-13,20H2,1H3,(H,21,23). The van der Waals surface area contributed by atoms with E-state index in [-0.39, 0.29) is 11.9 Å². The van der Waals surface area contributed by atoms with Crippen LogP contribution in [-0.2, 0) is 11.2 Å². The minimum absolute atomic E-state index is 0.129. The van der Waals surface area contributed by atoms with Gasteiger partial charge in [-0.05, 0) is 30.5 Å². The van der Waals surface area contributed by atoms with Gasteiger partial charge in [0.15, 0.2) is 0 Å². The first-order valence-corrected chi connectivity index (χ1v) is 8.09. The Bertz CT molecular complexity index is 671. The maximum atomic E-state index is 12.3. The quantitative estimate of drug-likeness (QED) is 0.890. The lowest BCUT2D eigenvalue weighted by Crippen LogP contribution is -2.44. The first-order valence-electron chi connectivity index (χ1n) is 8.09. The number of carbonyl (C=O) groups is 1. The monoisotopic (exact) mass is 309 g/mol. The topological polar surface area (TPSA) is 58.4 Å². The molecule has 4 nitrogen and oxygen atoms in total. The fourth-order valence-electron chi connectivity index (χ4n) is 3.10. The number of benzene rings is 2. The van der Waals surface area contributed by atoms with Crippen molar-refractivity contribution in [2.45, 2.75) is 25.4 Å². The molecule has 3 N–H and O–H groups in total. The Morgan fingerprint density at radius 1 is 1.17 bits per heavy atom. The minimum Gasteiger partial charge on any atom is -0.366 e. The fraction of sp³-hybridized carbons (Fsp3) is 0.316. The zero-order chi connectivity index (χ0) is 16.2. The molecule has 1 amide bonds. The highest BCUT2D eigenvalue weighted by Gasteiger charge is 2.24. The van der Waals surface area contributed by atoms with Crippen LogP contribution in [0.25, 0.3) is 0 Å². The molecule has 0 aliphatic carbocycles. The van der Waals surface area contributed by atoms with E-state index >= 15 is 0 Å². The van der Waals surface area contributed by atoms with Crippen molar-refractivity contribution in [3.63, 3.8) is 0 Å². The largest absolute Gasteiger partial charge is 0.366 e. The molecule has 0 fully saturated rings. The molecule has 2 unspecified atom stereocenters. The molecule has 0 aromatic heterocycles. The number of rotatable bonds is 5. The smallest absolute Gasteiger partial charge is 0.241 e. The summed E-state index contributed by atoms with van der Waals surface area (Å²) in [5.74, 6) is -0.129. The Morgan fingerprint density at radius 2 is 1.87 bits per heavy atom. The van der Waals surface area contributed by atoms with Crippen molar-refractivity contribution in [1.29, 1.82) is 0 Å². The van der Waals surface area contributed by atoms with E-state index in [1.807, 2.05) is 30.3 Å². The maximum Gasteiger partial charge on any atom is 0.241 e. The van der Waals surface area contributed by atoms with Gasteiger partial charge >= 0.3 is 0 Å². The second-order valence-electron chi connectivity index (χ2n) is 6.05. The van der Waals surface area contributed by atoms with Crippen LogP contribution in [0.1, 0.15) is 24.1 Å². The van der Waals surface area contributed by atoms with Crippen LogP contribution < -0.4 is 16.0 Å².